The molecule has 0 atom stereocenters. The van der Waals surface area contributed by atoms with Crippen molar-refractivity contribution < 1.29 is 18.3 Å². The maximum atomic E-state index is 12.3. The highest BCUT2D eigenvalue weighted by Crippen LogP contribution is 2.19. The first-order valence-corrected chi connectivity index (χ1v) is 8.01. The quantitative estimate of drug-likeness (QED) is 0.691. The van der Waals surface area contributed by atoms with Gasteiger partial charge in [-0.3, -0.25) is 9.48 Å². The van der Waals surface area contributed by atoms with Crippen LogP contribution in [0.3, 0.4) is 0 Å². The van der Waals surface area contributed by atoms with Crippen molar-refractivity contribution in [3.05, 3.63) is 77.1 Å². The second-order valence-corrected chi connectivity index (χ2v) is 5.79. The van der Waals surface area contributed by atoms with Crippen molar-refractivity contribution in [2.24, 2.45) is 0 Å². The highest BCUT2D eigenvalue weighted by Gasteiger charge is 2.11. The van der Waals surface area contributed by atoms with E-state index < -0.39 is 12.5 Å². The van der Waals surface area contributed by atoms with E-state index in [1.54, 1.807) is 16.9 Å². The van der Waals surface area contributed by atoms with E-state index in [0.717, 1.165) is 5.56 Å². The maximum Gasteiger partial charge on any atom is 0.387 e. The first-order valence-electron chi connectivity index (χ1n) is 7.63. The highest BCUT2D eigenvalue weighted by molar-refractivity contribution is 6.31. The van der Waals surface area contributed by atoms with E-state index in [-0.39, 0.29) is 11.3 Å². The minimum absolute atomic E-state index is 0.0814. The van der Waals surface area contributed by atoms with Gasteiger partial charge in [0.2, 0.25) is 0 Å². The van der Waals surface area contributed by atoms with Gasteiger partial charge in [0.05, 0.1) is 18.4 Å². The molecule has 0 spiro atoms. The number of benzene rings is 2. The van der Waals surface area contributed by atoms with Gasteiger partial charge in [0, 0.05) is 16.8 Å². The number of nitrogens with zero attached hydrogens (tertiary/aromatic N) is 2. The van der Waals surface area contributed by atoms with E-state index in [4.69, 9.17) is 11.6 Å². The first-order chi connectivity index (χ1) is 12.5. The van der Waals surface area contributed by atoms with Crippen molar-refractivity contribution in [3.63, 3.8) is 0 Å². The summed E-state index contributed by atoms with van der Waals surface area (Å²) in [5.74, 6) is -0.538. The number of alkyl halides is 2. The van der Waals surface area contributed by atoms with Gasteiger partial charge < -0.3 is 10.1 Å². The molecule has 2 aromatic carbocycles. The molecule has 1 amide bonds. The predicted molar refractivity (Wildman–Crippen MR) is 93.8 cm³/mol. The van der Waals surface area contributed by atoms with E-state index in [1.165, 1.54) is 30.5 Å². The number of ether oxygens (including phenoxy) is 1. The number of halogens is 3. The molecule has 0 bridgehead atoms. The number of amides is 1. The topological polar surface area (TPSA) is 56.2 Å². The zero-order chi connectivity index (χ0) is 18.5. The minimum Gasteiger partial charge on any atom is -0.435 e. The molecule has 0 aliphatic rings. The van der Waals surface area contributed by atoms with Crippen LogP contribution in [0.2, 0.25) is 5.02 Å². The zero-order valence-electron chi connectivity index (χ0n) is 13.4. The summed E-state index contributed by atoms with van der Waals surface area (Å²) in [7, 11) is 0. The van der Waals surface area contributed by atoms with E-state index in [9.17, 15) is 13.6 Å². The van der Waals surface area contributed by atoms with Crippen LogP contribution in [-0.4, -0.2) is 22.3 Å². The molecule has 0 saturated carbocycles. The third-order valence-electron chi connectivity index (χ3n) is 3.50. The van der Waals surface area contributed by atoms with Crippen LogP contribution in [0.5, 0.6) is 5.75 Å². The molecule has 8 heteroatoms. The van der Waals surface area contributed by atoms with Crippen LogP contribution in [0.1, 0.15) is 15.9 Å². The molecule has 0 aliphatic carbocycles. The summed E-state index contributed by atoms with van der Waals surface area (Å²) in [4.78, 5) is 12.3. The standard InChI is InChI=1S/C18H14ClF2N3O2/c19-16-7-2-1-4-13(16)10-24-11-14(9-22-24)23-17(25)12-5-3-6-15(8-12)26-18(20)21/h1-9,11,18H,10H2,(H,23,25). The summed E-state index contributed by atoms with van der Waals surface area (Å²) in [6.07, 6.45) is 3.15. The average molecular weight is 378 g/mol. The smallest absolute Gasteiger partial charge is 0.387 e. The average Bonchev–Trinajstić information content (AvgIpc) is 3.03. The molecule has 0 saturated heterocycles. The summed E-state index contributed by atoms with van der Waals surface area (Å²) in [6.45, 7) is -2.50. The van der Waals surface area contributed by atoms with Crippen LogP contribution in [-0.2, 0) is 6.54 Å². The number of rotatable bonds is 6. The number of anilines is 1. The Morgan fingerprint density at radius 1 is 1.23 bits per heavy atom. The molecule has 0 unspecified atom stereocenters. The largest absolute Gasteiger partial charge is 0.435 e. The highest BCUT2D eigenvalue weighted by atomic mass is 35.5. The van der Waals surface area contributed by atoms with E-state index in [1.807, 2.05) is 18.2 Å². The van der Waals surface area contributed by atoms with Gasteiger partial charge in [-0.15, -0.1) is 0 Å². The van der Waals surface area contributed by atoms with Crippen molar-refractivity contribution in [2.45, 2.75) is 13.2 Å². The Bertz CT molecular complexity index is 915. The van der Waals surface area contributed by atoms with Crippen LogP contribution in [0, 0.1) is 0 Å². The summed E-state index contributed by atoms with van der Waals surface area (Å²) < 4.78 is 30.5. The molecule has 0 radical (unpaired) electrons. The Kier molecular flexibility index (Phi) is 5.48. The molecule has 5 nitrogen and oxygen atoms in total. The lowest BCUT2D eigenvalue weighted by Crippen LogP contribution is -2.12. The van der Waals surface area contributed by atoms with Crippen LogP contribution >= 0.6 is 11.6 Å². The van der Waals surface area contributed by atoms with Crippen molar-refractivity contribution in [3.8, 4) is 5.75 Å². The van der Waals surface area contributed by atoms with Gasteiger partial charge in [-0.25, -0.2) is 0 Å². The SMILES string of the molecule is O=C(Nc1cnn(Cc2ccccc2Cl)c1)c1cccc(OC(F)F)c1. The third-order valence-corrected chi connectivity index (χ3v) is 3.87. The monoisotopic (exact) mass is 377 g/mol. The summed E-state index contributed by atoms with van der Waals surface area (Å²) in [5.41, 5.74) is 1.57. The summed E-state index contributed by atoms with van der Waals surface area (Å²) >= 11 is 6.12. The Balaban J connectivity index is 1.67. The Morgan fingerprint density at radius 2 is 2.04 bits per heavy atom. The van der Waals surface area contributed by atoms with Crippen molar-refractivity contribution >= 4 is 23.2 Å². The van der Waals surface area contributed by atoms with E-state index in [2.05, 4.69) is 15.2 Å². The predicted octanol–water partition coefficient (Wildman–Crippen LogP) is 4.44. The van der Waals surface area contributed by atoms with Gasteiger partial charge in [-0.2, -0.15) is 13.9 Å². The lowest BCUT2D eigenvalue weighted by atomic mass is 10.2. The van der Waals surface area contributed by atoms with E-state index in [0.29, 0.717) is 17.3 Å². The molecule has 3 rings (SSSR count). The Labute approximate surface area is 153 Å². The lowest BCUT2D eigenvalue weighted by molar-refractivity contribution is -0.0498. The van der Waals surface area contributed by atoms with Crippen LogP contribution in [0.25, 0.3) is 0 Å². The zero-order valence-corrected chi connectivity index (χ0v) is 14.2. The van der Waals surface area contributed by atoms with Crippen molar-refractivity contribution in [1.29, 1.82) is 0 Å². The van der Waals surface area contributed by atoms with E-state index >= 15 is 0 Å². The summed E-state index contributed by atoms with van der Waals surface area (Å²) in [6, 6.07) is 13.0. The molecule has 1 N–H and O–H groups in total. The number of aromatic nitrogens is 2. The van der Waals surface area contributed by atoms with Gasteiger partial charge in [0.1, 0.15) is 5.75 Å². The Hall–Kier alpha value is -2.93. The van der Waals surface area contributed by atoms with Gasteiger partial charge >= 0.3 is 6.61 Å². The first kappa shape index (κ1) is 17.9. The molecule has 26 heavy (non-hydrogen) atoms. The fourth-order valence-electron chi connectivity index (χ4n) is 2.33. The second kappa shape index (κ2) is 7.97. The van der Waals surface area contributed by atoms with Crippen molar-refractivity contribution in [2.75, 3.05) is 5.32 Å². The number of carbonyl (C=O) groups is 1. The normalized spacial score (nSPS) is 10.8. The summed E-state index contributed by atoms with van der Waals surface area (Å²) in [5, 5.41) is 7.47. The molecule has 134 valence electrons. The fraction of sp³-hybridized carbons (Fsp3) is 0.111. The Morgan fingerprint density at radius 3 is 2.81 bits per heavy atom. The second-order valence-electron chi connectivity index (χ2n) is 5.38. The molecule has 1 aromatic heterocycles. The minimum atomic E-state index is -2.95. The molecule has 3 aromatic rings. The van der Waals surface area contributed by atoms with Gasteiger partial charge in [0.15, 0.2) is 0 Å². The van der Waals surface area contributed by atoms with Gasteiger partial charge in [-0.05, 0) is 29.8 Å². The van der Waals surface area contributed by atoms with Gasteiger partial charge in [-0.1, -0.05) is 35.9 Å². The van der Waals surface area contributed by atoms with Gasteiger partial charge in [0.25, 0.3) is 5.91 Å². The maximum absolute atomic E-state index is 12.3. The van der Waals surface area contributed by atoms with Crippen LogP contribution in [0.15, 0.2) is 60.9 Å². The van der Waals surface area contributed by atoms with Crippen LogP contribution in [0.4, 0.5) is 14.5 Å². The molecule has 0 fully saturated rings. The molecular weight excluding hydrogens is 364 g/mol. The fourth-order valence-corrected chi connectivity index (χ4v) is 2.53. The number of hydrogen-bond acceptors (Lipinski definition) is 3. The van der Waals surface area contributed by atoms with Crippen LogP contribution < -0.4 is 10.1 Å². The molecule has 1 heterocycles. The van der Waals surface area contributed by atoms with Crippen molar-refractivity contribution in [1.82, 2.24) is 9.78 Å². The number of hydrogen-bond donors (Lipinski definition) is 1. The lowest BCUT2D eigenvalue weighted by Gasteiger charge is -2.07. The number of nitrogens with one attached hydrogen (secondary N) is 1. The number of carbonyl (C=O) groups excluding carboxylic acids is 1. The molecule has 0 aliphatic heterocycles. The molecular formula is C18H14ClF2N3O2. The third kappa shape index (κ3) is 4.58.